The van der Waals surface area contributed by atoms with E-state index in [-0.39, 0.29) is 24.8 Å². The molecule has 0 spiro atoms. The monoisotopic (exact) mass is 432 g/mol. The van der Waals surface area contributed by atoms with Gasteiger partial charge in [-0.25, -0.2) is 0 Å². The maximum Gasteiger partial charge on any atom is 0.118 e. The number of fused-ring (bicyclic) bond motifs is 1. The first-order valence-corrected chi connectivity index (χ1v) is 9.26. The second kappa shape index (κ2) is 9.48. The Hall–Kier alpha value is -0.980. The third-order valence-electron chi connectivity index (χ3n) is 5.67. The fraction of sp³-hybridized carbons (Fsp3) is 0.526. The summed E-state index contributed by atoms with van der Waals surface area (Å²) in [5.74, 6) is 2.37. The van der Waals surface area contributed by atoms with Crippen LogP contribution in [0.1, 0.15) is 11.6 Å². The van der Waals surface area contributed by atoms with E-state index in [1.807, 2.05) is 10.9 Å². The molecule has 2 aromatic rings. The summed E-state index contributed by atoms with van der Waals surface area (Å²) < 4.78 is 7.23. The summed E-state index contributed by atoms with van der Waals surface area (Å²) >= 11 is 5.95. The lowest BCUT2D eigenvalue weighted by Crippen LogP contribution is -2.31. The van der Waals surface area contributed by atoms with Crippen LogP contribution in [-0.4, -0.2) is 59.9 Å². The highest BCUT2D eigenvalue weighted by molar-refractivity contribution is 6.30. The number of nitrogens with zero attached hydrogens (tertiary/aromatic N) is 4. The van der Waals surface area contributed by atoms with Crippen LogP contribution in [0.2, 0.25) is 5.02 Å². The normalized spacial score (nSPS) is 24.9. The maximum atomic E-state index is 5.95. The van der Waals surface area contributed by atoms with Crippen molar-refractivity contribution in [1.82, 2.24) is 19.6 Å². The molecule has 1 aromatic heterocycles. The molecule has 150 valence electrons. The number of benzene rings is 1. The first-order chi connectivity index (χ1) is 12.1. The molecule has 2 aliphatic rings. The van der Waals surface area contributed by atoms with Crippen LogP contribution < -0.4 is 4.74 Å². The van der Waals surface area contributed by atoms with Gasteiger partial charge in [0.2, 0.25) is 0 Å². The van der Waals surface area contributed by atoms with Crippen molar-refractivity contribution in [2.24, 2.45) is 11.8 Å². The van der Waals surface area contributed by atoms with Gasteiger partial charge in [0.05, 0.1) is 24.9 Å². The highest BCUT2D eigenvalue weighted by atomic mass is 35.5. The van der Waals surface area contributed by atoms with E-state index in [1.54, 1.807) is 13.3 Å². The van der Waals surface area contributed by atoms with E-state index in [4.69, 9.17) is 16.3 Å². The van der Waals surface area contributed by atoms with Gasteiger partial charge in [-0.05, 0) is 36.6 Å². The van der Waals surface area contributed by atoms with Crippen molar-refractivity contribution in [2.45, 2.75) is 12.6 Å². The second-order valence-corrected chi connectivity index (χ2v) is 7.70. The third kappa shape index (κ3) is 4.72. The SMILES string of the molecule is COc1ccc([C@H]2[C@@H]3CN(CCn4cc(Cl)cn4)C[C@@H]3CN2C)cc1.Cl.Cl. The minimum atomic E-state index is 0. The Kier molecular flexibility index (Phi) is 7.83. The third-order valence-corrected chi connectivity index (χ3v) is 5.87. The van der Waals surface area contributed by atoms with Gasteiger partial charge in [0, 0.05) is 38.4 Å². The van der Waals surface area contributed by atoms with E-state index < -0.39 is 0 Å². The second-order valence-electron chi connectivity index (χ2n) is 7.26. The van der Waals surface area contributed by atoms with Gasteiger partial charge in [0.15, 0.2) is 0 Å². The molecule has 0 aliphatic carbocycles. The van der Waals surface area contributed by atoms with Gasteiger partial charge in [-0.2, -0.15) is 5.10 Å². The summed E-state index contributed by atoms with van der Waals surface area (Å²) in [6.07, 6.45) is 3.60. The zero-order chi connectivity index (χ0) is 17.4. The first kappa shape index (κ1) is 22.3. The Labute approximate surface area is 178 Å². The number of likely N-dealkylation sites (tertiary alicyclic amines) is 2. The average Bonchev–Trinajstić information content (AvgIpc) is 3.27. The van der Waals surface area contributed by atoms with Crippen molar-refractivity contribution < 1.29 is 4.74 Å². The van der Waals surface area contributed by atoms with E-state index in [0.29, 0.717) is 17.0 Å². The minimum absolute atomic E-state index is 0. The smallest absolute Gasteiger partial charge is 0.118 e. The van der Waals surface area contributed by atoms with Gasteiger partial charge in [-0.3, -0.25) is 9.58 Å². The van der Waals surface area contributed by atoms with E-state index in [1.165, 1.54) is 18.7 Å². The van der Waals surface area contributed by atoms with E-state index in [2.05, 4.69) is 46.2 Å². The van der Waals surface area contributed by atoms with Crippen LogP contribution in [0, 0.1) is 11.8 Å². The van der Waals surface area contributed by atoms with Crippen molar-refractivity contribution in [3.63, 3.8) is 0 Å². The van der Waals surface area contributed by atoms with Crippen molar-refractivity contribution in [2.75, 3.05) is 40.3 Å². The summed E-state index contributed by atoms with van der Waals surface area (Å²) in [5.41, 5.74) is 1.40. The molecule has 27 heavy (non-hydrogen) atoms. The molecule has 2 fully saturated rings. The van der Waals surface area contributed by atoms with Crippen LogP contribution in [0.3, 0.4) is 0 Å². The molecule has 1 aromatic carbocycles. The maximum absolute atomic E-state index is 5.95. The molecule has 0 amide bonds. The van der Waals surface area contributed by atoms with Crippen LogP contribution in [0.5, 0.6) is 5.75 Å². The average molecular weight is 434 g/mol. The molecule has 3 atom stereocenters. The van der Waals surface area contributed by atoms with Crippen LogP contribution in [0.15, 0.2) is 36.7 Å². The van der Waals surface area contributed by atoms with E-state index in [9.17, 15) is 0 Å². The van der Waals surface area contributed by atoms with Gasteiger partial charge >= 0.3 is 0 Å². The number of aromatic nitrogens is 2. The van der Waals surface area contributed by atoms with Gasteiger partial charge < -0.3 is 9.64 Å². The highest BCUT2D eigenvalue weighted by Gasteiger charge is 2.45. The molecule has 3 heterocycles. The zero-order valence-corrected chi connectivity index (χ0v) is 18.0. The predicted molar refractivity (Wildman–Crippen MR) is 114 cm³/mol. The van der Waals surface area contributed by atoms with Crippen molar-refractivity contribution >= 4 is 36.4 Å². The summed E-state index contributed by atoms with van der Waals surface area (Å²) in [6, 6.07) is 9.09. The summed E-state index contributed by atoms with van der Waals surface area (Å²) in [6.45, 7) is 5.43. The van der Waals surface area contributed by atoms with Crippen LogP contribution in [-0.2, 0) is 6.54 Å². The molecule has 8 heteroatoms. The molecule has 0 bridgehead atoms. The molecule has 5 nitrogen and oxygen atoms in total. The number of hydrogen-bond donors (Lipinski definition) is 0. The summed E-state index contributed by atoms with van der Waals surface area (Å²) in [4.78, 5) is 5.09. The molecule has 4 rings (SSSR count). The molecular formula is C19H27Cl3N4O. The van der Waals surface area contributed by atoms with E-state index in [0.717, 1.165) is 31.3 Å². The van der Waals surface area contributed by atoms with Crippen molar-refractivity contribution in [1.29, 1.82) is 0 Å². The molecule has 0 N–H and O–H groups in total. The predicted octanol–water partition coefficient (Wildman–Crippen LogP) is 3.62. The number of halogens is 3. The number of methoxy groups -OCH3 is 1. The van der Waals surface area contributed by atoms with Crippen LogP contribution >= 0.6 is 36.4 Å². The Morgan fingerprint density at radius 1 is 1.11 bits per heavy atom. The van der Waals surface area contributed by atoms with Gasteiger partial charge in [-0.1, -0.05) is 23.7 Å². The summed E-state index contributed by atoms with van der Waals surface area (Å²) in [7, 11) is 3.97. The van der Waals surface area contributed by atoms with Crippen LogP contribution in [0.4, 0.5) is 0 Å². The quantitative estimate of drug-likeness (QED) is 0.721. The van der Waals surface area contributed by atoms with E-state index >= 15 is 0 Å². The largest absolute Gasteiger partial charge is 0.497 e. The standard InChI is InChI=1S/C19H25ClN4O.2ClH/c1-22-10-15-11-23(7-8-24-12-16(20)9-21-24)13-18(15)19(22)14-3-5-17(25-2)6-4-14;;/h3-6,9,12,15,18-19H,7-8,10-11,13H2,1-2H3;2*1H/t15-,18+,19-;;/m0../s1. The van der Waals surface area contributed by atoms with Gasteiger partial charge in [0.25, 0.3) is 0 Å². The van der Waals surface area contributed by atoms with Gasteiger partial charge in [-0.15, -0.1) is 24.8 Å². The van der Waals surface area contributed by atoms with Crippen molar-refractivity contribution in [3.8, 4) is 5.75 Å². The molecule has 0 saturated carbocycles. The fourth-order valence-electron chi connectivity index (χ4n) is 4.54. The van der Waals surface area contributed by atoms with Crippen LogP contribution in [0.25, 0.3) is 0 Å². The Bertz CT molecular complexity index is 724. The number of rotatable bonds is 5. The molecule has 0 unspecified atom stereocenters. The topological polar surface area (TPSA) is 33.5 Å². The Morgan fingerprint density at radius 2 is 1.85 bits per heavy atom. The zero-order valence-electron chi connectivity index (χ0n) is 15.6. The lowest BCUT2D eigenvalue weighted by atomic mass is 9.89. The minimum Gasteiger partial charge on any atom is -0.497 e. The molecular weight excluding hydrogens is 407 g/mol. The Morgan fingerprint density at radius 3 is 2.48 bits per heavy atom. The summed E-state index contributed by atoms with van der Waals surface area (Å²) in [5, 5.41) is 4.99. The molecule has 2 saturated heterocycles. The van der Waals surface area contributed by atoms with Gasteiger partial charge in [0.1, 0.15) is 5.75 Å². The number of hydrogen-bond acceptors (Lipinski definition) is 4. The fourth-order valence-corrected chi connectivity index (χ4v) is 4.70. The molecule has 2 aliphatic heterocycles. The number of ether oxygens (including phenoxy) is 1. The lowest BCUT2D eigenvalue weighted by molar-refractivity contribution is 0.223. The lowest BCUT2D eigenvalue weighted by Gasteiger charge is -2.27. The highest BCUT2D eigenvalue weighted by Crippen LogP contribution is 2.44. The molecule has 0 radical (unpaired) electrons. The van der Waals surface area contributed by atoms with Crippen molar-refractivity contribution in [3.05, 3.63) is 47.2 Å². The Balaban J connectivity index is 0.00000131. The first-order valence-electron chi connectivity index (χ1n) is 8.88.